The number of aromatic nitrogens is 2. The fraction of sp³-hybridized carbons (Fsp3) is 0.304. The fourth-order valence-electron chi connectivity index (χ4n) is 3.54. The summed E-state index contributed by atoms with van der Waals surface area (Å²) in [5.41, 5.74) is 4.33. The Balaban J connectivity index is 1.86. The summed E-state index contributed by atoms with van der Waals surface area (Å²) in [6.07, 6.45) is 6.69. The van der Waals surface area contributed by atoms with Gasteiger partial charge in [-0.1, -0.05) is 31.2 Å². The number of carbonyl (C=O) groups excluding carboxylic acids is 1. The van der Waals surface area contributed by atoms with Gasteiger partial charge in [0.05, 0.1) is 24.0 Å². The number of benzene rings is 2. The normalized spacial score (nSPS) is 12.4. The van der Waals surface area contributed by atoms with E-state index in [4.69, 9.17) is 0 Å². The van der Waals surface area contributed by atoms with Gasteiger partial charge in [-0.2, -0.15) is 0 Å². The molecule has 1 heterocycles. The van der Waals surface area contributed by atoms with Crippen LogP contribution in [-0.4, -0.2) is 36.2 Å². The average Bonchev–Trinajstić information content (AvgIpc) is 3.26. The number of carbonyl (C=O) groups is 1. The van der Waals surface area contributed by atoms with Crippen LogP contribution in [0.4, 0.5) is 5.69 Å². The van der Waals surface area contributed by atoms with Gasteiger partial charge < -0.3 is 9.88 Å². The lowest BCUT2D eigenvalue weighted by atomic mass is 10.1. The van der Waals surface area contributed by atoms with Gasteiger partial charge in [0.1, 0.15) is 6.04 Å². The predicted octanol–water partition coefficient (Wildman–Crippen LogP) is 3.35. The minimum absolute atomic E-state index is 0.272. The van der Waals surface area contributed by atoms with Crippen molar-refractivity contribution < 1.29 is 13.2 Å². The molecule has 0 saturated carbocycles. The van der Waals surface area contributed by atoms with Gasteiger partial charge in [-0.3, -0.25) is 9.10 Å². The van der Waals surface area contributed by atoms with Gasteiger partial charge in [0.2, 0.25) is 15.9 Å². The molecule has 0 radical (unpaired) electrons. The number of nitrogens with zero attached hydrogens (tertiary/aromatic N) is 3. The van der Waals surface area contributed by atoms with Crippen molar-refractivity contribution in [1.29, 1.82) is 0 Å². The van der Waals surface area contributed by atoms with E-state index in [0.717, 1.165) is 28.6 Å². The molecule has 0 aliphatic carbocycles. The number of nitrogens with one attached hydrogen (secondary N) is 1. The van der Waals surface area contributed by atoms with Crippen molar-refractivity contribution in [1.82, 2.24) is 14.9 Å². The van der Waals surface area contributed by atoms with E-state index < -0.39 is 16.1 Å². The third-order valence-corrected chi connectivity index (χ3v) is 6.48. The van der Waals surface area contributed by atoms with Crippen molar-refractivity contribution in [3.8, 4) is 5.69 Å². The summed E-state index contributed by atoms with van der Waals surface area (Å²) in [5, 5.41) is 2.92. The van der Waals surface area contributed by atoms with Gasteiger partial charge >= 0.3 is 0 Å². The summed E-state index contributed by atoms with van der Waals surface area (Å²) in [5.74, 6) is -0.341. The summed E-state index contributed by atoms with van der Waals surface area (Å²) in [6, 6.07) is 12.3. The Morgan fingerprint density at radius 1 is 1.16 bits per heavy atom. The summed E-state index contributed by atoms with van der Waals surface area (Å²) >= 11 is 0. The Labute approximate surface area is 183 Å². The van der Waals surface area contributed by atoms with Crippen LogP contribution in [-0.2, 0) is 21.4 Å². The molecule has 31 heavy (non-hydrogen) atoms. The molecule has 8 heteroatoms. The van der Waals surface area contributed by atoms with Crippen LogP contribution >= 0.6 is 0 Å². The largest absolute Gasteiger partial charge is 0.350 e. The molecule has 0 spiro atoms. The van der Waals surface area contributed by atoms with Crippen LogP contribution in [0.5, 0.6) is 0 Å². The number of amides is 1. The van der Waals surface area contributed by atoms with E-state index in [1.165, 1.54) is 4.31 Å². The minimum atomic E-state index is -3.67. The molecule has 164 valence electrons. The topological polar surface area (TPSA) is 84.3 Å². The molecule has 0 aliphatic heterocycles. The Bertz CT molecular complexity index is 1160. The maximum Gasteiger partial charge on any atom is 0.244 e. The van der Waals surface area contributed by atoms with Gasteiger partial charge in [-0.25, -0.2) is 13.4 Å². The highest BCUT2D eigenvalue weighted by atomic mass is 32.2. The quantitative estimate of drug-likeness (QED) is 0.582. The van der Waals surface area contributed by atoms with Crippen molar-refractivity contribution in [2.45, 2.75) is 39.8 Å². The van der Waals surface area contributed by atoms with Gasteiger partial charge in [0, 0.05) is 18.9 Å². The number of hydrogen-bond acceptors (Lipinski definition) is 4. The Kier molecular flexibility index (Phi) is 6.80. The summed E-state index contributed by atoms with van der Waals surface area (Å²) < 4.78 is 28.4. The first-order valence-corrected chi connectivity index (χ1v) is 12.0. The number of anilines is 1. The zero-order valence-corrected chi connectivity index (χ0v) is 19.1. The van der Waals surface area contributed by atoms with Crippen LogP contribution in [0, 0.1) is 13.8 Å². The number of imidazole rings is 1. The molecule has 1 N–H and O–H groups in total. The van der Waals surface area contributed by atoms with E-state index >= 15 is 0 Å². The lowest BCUT2D eigenvalue weighted by Crippen LogP contribution is -2.49. The fourth-order valence-corrected chi connectivity index (χ4v) is 4.74. The van der Waals surface area contributed by atoms with E-state index in [0.29, 0.717) is 12.1 Å². The highest BCUT2D eigenvalue weighted by molar-refractivity contribution is 7.92. The summed E-state index contributed by atoms with van der Waals surface area (Å²) in [6.45, 7) is 5.97. The average molecular weight is 441 g/mol. The van der Waals surface area contributed by atoms with E-state index in [-0.39, 0.29) is 12.5 Å². The number of hydrogen-bond donors (Lipinski definition) is 1. The highest BCUT2D eigenvalue weighted by Gasteiger charge is 2.31. The predicted molar refractivity (Wildman–Crippen MR) is 123 cm³/mol. The second-order valence-corrected chi connectivity index (χ2v) is 9.43. The molecule has 0 saturated heterocycles. The molecule has 0 fully saturated rings. The van der Waals surface area contributed by atoms with Crippen molar-refractivity contribution >= 4 is 21.6 Å². The molecule has 1 amide bonds. The number of para-hydroxylation sites is 1. The van der Waals surface area contributed by atoms with Crippen LogP contribution in [0.1, 0.15) is 30.0 Å². The molecule has 1 atom stereocenters. The Morgan fingerprint density at radius 2 is 1.90 bits per heavy atom. The van der Waals surface area contributed by atoms with Gasteiger partial charge in [0.25, 0.3) is 0 Å². The number of rotatable bonds is 8. The minimum Gasteiger partial charge on any atom is -0.350 e. The molecule has 1 aromatic heterocycles. The maximum absolute atomic E-state index is 13.1. The van der Waals surface area contributed by atoms with E-state index in [9.17, 15) is 13.2 Å². The standard InChI is InChI=1S/C23H28N4O3S/c1-5-21(27(31(4,29)30)20-11-10-17(2)18(3)14-20)23(28)25-15-19-8-6-7-9-22(19)26-13-12-24-16-26/h6-14,16,21H,5,15H2,1-4H3,(H,25,28)/t21-/m1/s1. The van der Waals surface area contributed by atoms with Crippen LogP contribution in [0.3, 0.4) is 0 Å². The summed E-state index contributed by atoms with van der Waals surface area (Å²) in [7, 11) is -3.67. The van der Waals surface area contributed by atoms with Crippen molar-refractivity contribution in [2.24, 2.45) is 0 Å². The van der Waals surface area contributed by atoms with E-state index in [2.05, 4.69) is 10.3 Å². The first-order valence-electron chi connectivity index (χ1n) is 10.1. The van der Waals surface area contributed by atoms with Crippen LogP contribution < -0.4 is 9.62 Å². The second kappa shape index (κ2) is 9.34. The third kappa shape index (κ3) is 5.14. The lowest BCUT2D eigenvalue weighted by Gasteiger charge is -2.30. The molecule has 2 aromatic carbocycles. The molecule has 7 nitrogen and oxygen atoms in total. The highest BCUT2D eigenvalue weighted by Crippen LogP contribution is 2.25. The zero-order chi connectivity index (χ0) is 22.6. The van der Waals surface area contributed by atoms with E-state index in [1.807, 2.05) is 61.9 Å². The smallest absolute Gasteiger partial charge is 0.244 e. The van der Waals surface area contributed by atoms with Gasteiger partial charge in [-0.05, 0) is 55.2 Å². The first-order chi connectivity index (χ1) is 14.7. The van der Waals surface area contributed by atoms with Crippen LogP contribution in [0.25, 0.3) is 5.69 Å². The first kappa shape index (κ1) is 22.6. The van der Waals surface area contributed by atoms with Gasteiger partial charge in [0.15, 0.2) is 0 Å². The monoisotopic (exact) mass is 440 g/mol. The second-order valence-electron chi connectivity index (χ2n) is 7.57. The van der Waals surface area contributed by atoms with Crippen LogP contribution in [0.2, 0.25) is 0 Å². The van der Waals surface area contributed by atoms with E-state index in [1.54, 1.807) is 24.7 Å². The van der Waals surface area contributed by atoms with Crippen molar-refractivity contribution in [3.05, 3.63) is 77.9 Å². The number of aryl methyl sites for hydroxylation is 2. The SMILES string of the molecule is CC[C@H](C(=O)NCc1ccccc1-n1ccnc1)N(c1ccc(C)c(C)c1)S(C)(=O)=O. The molecule has 0 aliphatic rings. The van der Waals surface area contributed by atoms with Crippen LogP contribution in [0.15, 0.2) is 61.2 Å². The molecule has 0 unspecified atom stereocenters. The molecule has 3 rings (SSSR count). The molecule has 3 aromatic rings. The maximum atomic E-state index is 13.1. The third-order valence-electron chi connectivity index (χ3n) is 5.30. The zero-order valence-electron chi connectivity index (χ0n) is 18.2. The lowest BCUT2D eigenvalue weighted by molar-refractivity contribution is -0.122. The molecular formula is C23H28N4O3S. The Morgan fingerprint density at radius 3 is 2.52 bits per heavy atom. The summed E-state index contributed by atoms with van der Waals surface area (Å²) in [4.78, 5) is 17.2. The Hall–Kier alpha value is -3.13. The van der Waals surface area contributed by atoms with Crippen molar-refractivity contribution in [3.63, 3.8) is 0 Å². The molecular weight excluding hydrogens is 412 g/mol. The molecule has 0 bridgehead atoms. The van der Waals surface area contributed by atoms with Gasteiger partial charge in [-0.15, -0.1) is 0 Å². The van der Waals surface area contributed by atoms with Crippen molar-refractivity contribution in [2.75, 3.05) is 10.6 Å². The number of sulfonamides is 1.